The number of nitrogens with zero attached hydrogens (tertiary/aromatic N) is 3. The maximum atomic E-state index is 12.0. The van der Waals surface area contributed by atoms with Gasteiger partial charge < -0.3 is 19.9 Å². The molecule has 23 heavy (non-hydrogen) atoms. The van der Waals surface area contributed by atoms with Crippen LogP contribution in [0.4, 0.5) is 5.82 Å². The van der Waals surface area contributed by atoms with Crippen LogP contribution in [-0.2, 0) is 9.53 Å². The van der Waals surface area contributed by atoms with Gasteiger partial charge in [0.2, 0.25) is 5.91 Å². The molecule has 1 amide bonds. The number of rotatable bonds is 5. The van der Waals surface area contributed by atoms with E-state index in [1.165, 1.54) is 0 Å². The molecule has 0 radical (unpaired) electrons. The summed E-state index contributed by atoms with van der Waals surface area (Å²) in [5.74, 6) is 0.590. The van der Waals surface area contributed by atoms with Gasteiger partial charge in [0.1, 0.15) is 5.82 Å². The van der Waals surface area contributed by atoms with Crippen LogP contribution in [0.15, 0.2) is 18.3 Å². The van der Waals surface area contributed by atoms with E-state index >= 15 is 0 Å². The minimum atomic E-state index is -0.355. The van der Waals surface area contributed by atoms with Gasteiger partial charge in [-0.15, -0.1) is 0 Å². The van der Waals surface area contributed by atoms with Crippen molar-refractivity contribution in [3.8, 4) is 0 Å². The van der Waals surface area contributed by atoms with Gasteiger partial charge in [0, 0.05) is 32.4 Å². The summed E-state index contributed by atoms with van der Waals surface area (Å²) in [5, 5.41) is 2.89. The number of likely N-dealkylation sites (N-methyl/N-ethyl adjacent to an activating group) is 1. The number of anilines is 1. The first-order valence-corrected chi connectivity index (χ1v) is 7.96. The molecule has 1 aliphatic rings. The van der Waals surface area contributed by atoms with Gasteiger partial charge in [0.05, 0.1) is 18.7 Å². The van der Waals surface area contributed by atoms with E-state index in [-0.39, 0.29) is 11.9 Å². The van der Waals surface area contributed by atoms with Gasteiger partial charge in [-0.1, -0.05) is 0 Å². The minimum Gasteiger partial charge on any atom is -0.462 e. The van der Waals surface area contributed by atoms with E-state index in [0.717, 1.165) is 31.9 Å². The number of esters is 1. The Bertz CT molecular complexity index is 533. The van der Waals surface area contributed by atoms with E-state index in [1.807, 2.05) is 11.0 Å². The SMILES string of the molecule is CCOC(=O)c1ccc(N2CCCN(C(=O)CNC)CC2)nc1. The summed E-state index contributed by atoms with van der Waals surface area (Å²) in [5.41, 5.74) is 0.455. The highest BCUT2D eigenvalue weighted by molar-refractivity contribution is 5.89. The maximum Gasteiger partial charge on any atom is 0.339 e. The standard InChI is InChI=1S/C16H24N4O3/c1-3-23-16(22)13-5-6-14(18-11-13)19-7-4-8-20(10-9-19)15(21)12-17-2/h5-6,11,17H,3-4,7-10,12H2,1-2H3. The predicted molar refractivity (Wildman–Crippen MR) is 87.5 cm³/mol. The smallest absolute Gasteiger partial charge is 0.339 e. The van der Waals surface area contributed by atoms with Crippen molar-refractivity contribution in [2.24, 2.45) is 0 Å². The van der Waals surface area contributed by atoms with Crippen molar-refractivity contribution in [2.75, 3.05) is 51.3 Å². The van der Waals surface area contributed by atoms with Crippen LogP contribution in [0.25, 0.3) is 0 Å². The van der Waals surface area contributed by atoms with E-state index in [1.54, 1.807) is 26.2 Å². The summed E-state index contributed by atoms with van der Waals surface area (Å²) in [6.45, 7) is 5.52. The molecule has 0 aliphatic carbocycles. The second kappa shape index (κ2) is 8.47. The van der Waals surface area contributed by atoms with Gasteiger partial charge in [0.15, 0.2) is 0 Å². The van der Waals surface area contributed by atoms with Crippen LogP contribution in [-0.4, -0.2) is 68.1 Å². The van der Waals surface area contributed by atoms with Crippen molar-refractivity contribution in [2.45, 2.75) is 13.3 Å². The van der Waals surface area contributed by atoms with Crippen molar-refractivity contribution >= 4 is 17.7 Å². The zero-order valence-electron chi connectivity index (χ0n) is 13.7. The highest BCUT2D eigenvalue weighted by Gasteiger charge is 2.19. The molecule has 1 saturated heterocycles. The topological polar surface area (TPSA) is 74.8 Å². The summed E-state index contributed by atoms with van der Waals surface area (Å²) in [6, 6.07) is 3.56. The van der Waals surface area contributed by atoms with Crippen LogP contribution in [0.1, 0.15) is 23.7 Å². The van der Waals surface area contributed by atoms with Crippen LogP contribution in [0.3, 0.4) is 0 Å². The Morgan fingerprint density at radius 2 is 2.09 bits per heavy atom. The lowest BCUT2D eigenvalue weighted by Gasteiger charge is -2.23. The second-order valence-corrected chi connectivity index (χ2v) is 5.38. The molecule has 1 aromatic heterocycles. The molecule has 7 nitrogen and oxygen atoms in total. The number of hydrogen-bond donors (Lipinski definition) is 1. The second-order valence-electron chi connectivity index (χ2n) is 5.38. The fraction of sp³-hybridized carbons (Fsp3) is 0.562. The molecule has 7 heteroatoms. The highest BCUT2D eigenvalue weighted by Crippen LogP contribution is 2.15. The quantitative estimate of drug-likeness (QED) is 0.797. The number of aromatic nitrogens is 1. The fourth-order valence-corrected chi connectivity index (χ4v) is 2.57. The van der Waals surface area contributed by atoms with Gasteiger partial charge in [-0.3, -0.25) is 4.79 Å². The molecule has 0 unspecified atom stereocenters. The Kier molecular flexibility index (Phi) is 6.34. The van der Waals surface area contributed by atoms with E-state index in [9.17, 15) is 9.59 Å². The molecule has 0 atom stereocenters. The third-order valence-electron chi connectivity index (χ3n) is 3.76. The highest BCUT2D eigenvalue weighted by atomic mass is 16.5. The molecule has 1 aromatic rings. The third kappa shape index (κ3) is 4.66. The first kappa shape index (κ1) is 17.2. The van der Waals surface area contributed by atoms with Gasteiger partial charge in [-0.25, -0.2) is 9.78 Å². The molecule has 1 fully saturated rings. The van der Waals surface area contributed by atoms with Crippen LogP contribution < -0.4 is 10.2 Å². The van der Waals surface area contributed by atoms with Crippen LogP contribution in [0.5, 0.6) is 0 Å². The summed E-state index contributed by atoms with van der Waals surface area (Å²) >= 11 is 0. The van der Waals surface area contributed by atoms with Crippen molar-refractivity contribution in [3.63, 3.8) is 0 Å². The largest absolute Gasteiger partial charge is 0.462 e. The maximum absolute atomic E-state index is 12.0. The van der Waals surface area contributed by atoms with Gasteiger partial charge in [-0.05, 0) is 32.5 Å². The molecule has 2 heterocycles. The molecule has 2 rings (SSSR count). The average molecular weight is 320 g/mol. The van der Waals surface area contributed by atoms with Crippen LogP contribution >= 0.6 is 0 Å². The van der Waals surface area contributed by atoms with Crippen molar-refractivity contribution in [3.05, 3.63) is 23.9 Å². The minimum absolute atomic E-state index is 0.125. The molecular weight excluding hydrogens is 296 g/mol. The molecule has 126 valence electrons. The van der Waals surface area contributed by atoms with Crippen molar-refractivity contribution < 1.29 is 14.3 Å². The summed E-state index contributed by atoms with van der Waals surface area (Å²) in [6.07, 6.45) is 2.44. The van der Waals surface area contributed by atoms with E-state index in [0.29, 0.717) is 25.3 Å². The van der Waals surface area contributed by atoms with Crippen molar-refractivity contribution in [1.82, 2.24) is 15.2 Å². The third-order valence-corrected chi connectivity index (χ3v) is 3.76. The Balaban J connectivity index is 1.97. The molecule has 0 bridgehead atoms. The summed E-state index contributed by atoms with van der Waals surface area (Å²) in [7, 11) is 1.77. The number of carbonyl (C=O) groups excluding carboxylic acids is 2. The first-order chi connectivity index (χ1) is 11.2. The number of carbonyl (C=O) groups is 2. The first-order valence-electron chi connectivity index (χ1n) is 7.96. The number of ether oxygens (including phenoxy) is 1. The Morgan fingerprint density at radius 1 is 1.26 bits per heavy atom. The number of amides is 1. The van der Waals surface area contributed by atoms with E-state index in [4.69, 9.17) is 4.74 Å². The zero-order valence-corrected chi connectivity index (χ0v) is 13.7. The zero-order chi connectivity index (χ0) is 16.7. The molecular formula is C16H24N4O3. The lowest BCUT2D eigenvalue weighted by Crippen LogP contribution is -2.39. The van der Waals surface area contributed by atoms with E-state index in [2.05, 4.69) is 15.2 Å². The summed E-state index contributed by atoms with van der Waals surface area (Å²) < 4.78 is 4.95. The summed E-state index contributed by atoms with van der Waals surface area (Å²) in [4.78, 5) is 32.0. The van der Waals surface area contributed by atoms with Crippen LogP contribution in [0.2, 0.25) is 0 Å². The van der Waals surface area contributed by atoms with Gasteiger partial charge in [-0.2, -0.15) is 0 Å². The lowest BCUT2D eigenvalue weighted by molar-refractivity contribution is -0.129. The average Bonchev–Trinajstić information content (AvgIpc) is 2.81. The Morgan fingerprint density at radius 3 is 2.74 bits per heavy atom. The molecule has 1 N–H and O–H groups in total. The van der Waals surface area contributed by atoms with E-state index < -0.39 is 0 Å². The number of pyridine rings is 1. The predicted octanol–water partition coefficient (Wildman–Crippen LogP) is 0.516. The number of hydrogen-bond acceptors (Lipinski definition) is 6. The monoisotopic (exact) mass is 320 g/mol. The van der Waals surface area contributed by atoms with Gasteiger partial charge >= 0.3 is 5.97 Å². The molecule has 0 aromatic carbocycles. The fourth-order valence-electron chi connectivity index (χ4n) is 2.57. The molecule has 1 aliphatic heterocycles. The van der Waals surface area contributed by atoms with Gasteiger partial charge in [0.25, 0.3) is 0 Å². The molecule has 0 spiro atoms. The number of nitrogens with one attached hydrogen (secondary N) is 1. The normalized spacial score (nSPS) is 15.2. The lowest BCUT2D eigenvalue weighted by atomic mass is 10.2. The Hall–Kier alpha value is -2.15. The van der Waals surface area contributed by atoms with Crippen molar-refractivity contribution in [1.29, 1.82) is 0 Å². The van der Waals surface area contributed by atoms with Crippen LogP contribution in [0, 0.1) is 0 Å². The Labute approximate surface area is 136 Å². The molecule has 0 saturated carbocycles.